The van der Waals surface area contributed by atoms with Gasteiger partial charge in [0.1, 0.15) is 0 Å². The molecule has 3 rings (SSSR count). The quantitative estimate of drug-likeness (QED) is 0.293. The second-order valence-electron chi connectivity index (χ2n) is 11.5. The van der Waals surface area contributed by atoms with Gasteiger partial charge >= 0.3 is 25.8 Å². The molecule has 154 valence electrons. The Morgan fingerprint density at radius 1 is 0.857 bits per heavy atom. The Kier molecular flexibility index (Phi) is 11.2. The van der Waals surface area contributed by atoms with Crippen LogP contribution in [0.4, 0.5) is 0 Å². The smallest absolute Gasteiger partial charge is 0.342 e. The molecule has 0 aliphatic heterocycles. The first-order chi connectivity index (χ1) is 12.1. The Bertz CT molecular complexity index is 619. The zero-order valence-electron chi connectivity index (χ0n) is 20.1. The van der Waals surface area contributed by atoms with Crippen LogP contribution in [0.3, 0.4) is 0 Å². The predicted molar refractivity (Wildman–Crippen MR) is 135 cm³/mol. The van der Waals surface area contributed by atoms with E-state index in [1.165, 1.54) is 19.3 Å². The Morgan fingerprint density at radius 2 is 1.32 bits per heavy atom. The summed E-state index contributed by atoms with van der Waals surface area (Å²) in [6.07, 6.45) is 6.45. The maximum atomic E-state index is 3.91. The van der Waals surface area contributed by atoms with Gasteiger partial charge in [-0.05, 0) is 5.54 Å². The van der Waals surface area contributed by atoms with Gasteiger partial charge in [-0.25, -0.2) is 12.0 Å². The second kappa shape index (κ2) is 11.1. The zero-order chi connectivity index (χ0) is 21.0. The van der Waals surface area contributed by atoms with Crippen LogP contribution in [0.5, 0.6) is 0 Å². The summed E-state index contributed by atoms with van der Waals surface area (Å²) < 4.78 is 0. The molecule has 1 aromatic carbocycles. The largest absolute Gasteiger partial charge is 3.00 e. The average Bonchev–Trinajstić information content (AvgIpc) is 2.78. The van der Waals surface area contributed by atoms with Crippen LogP contribution in [-0.4, -0.2) is 24.2 Å². The molecular formula is C24H43ScSi3. The van der Waals surface area contributed by atoms with Crippen molar-refractivity contribution in [1.29, 1.82) is 0 Å². The maximum absolute atomic E-state index is 3.91. The van der Waals surface area contributed by atoms with E-state index in [0.29, 0.717) is 0 Å². The Labute approximate surface area is 198 Å². The van der Waals surface area contributed by atoms with E-state index >= 15 is 0 Å². The molecule has 0 spiro atoms. The Balaban J connectivity index is 0.000000560. The molecule has 0 saturated heterocycles. The molecule has 0 heterocycles. The van der Waals surface area contributed by atoms with Crippen molar-refractivity contribution in [3.63, 3.8) is 0 Å². The molecule has 0 amide bonds. The van der Waals surface area contributed by atoms with Crippen molar-refractivity contribution in [1.82, 2.24) is 0 Å². The van der Waals surface area contributed by atoms with Gasteiger partial charge in [-0.1, -0.05) is 102 Å². The molecule has 4 heteroatoms. The molecule has 0 saturated carbocycles. The molecule has 28 heavy (non-hydrogen) atoms. The van der Waals surface area contributed by atoms with E-state index in [1.54, 1.807) is 22.3 Å². The van der Waals surface area contributed by atoms with Crippen molar-refractivity contribution in [2.24, 2.45) is 0 Å². The predicted octanol–water partition coefficient (Wildman–Crippen LogP) is 8.20. The number of benzene rings is 1. The van der Waals surface area contributed by atoms with Crippen molar-refractivity contribution in [2.45, 2.75) is 83.7 Å². The summed E-state index contributed by atoms with van der Waals surface area (Å²) in [4.78, 5) is 0. The minimum atomic E-state index is -1.17. The first-order valence-corrected chi connectivity index (χ1v) is 21.4. The standard InChI is InChI=1S/C16H21Si.2C4H11Si.Sc/c1-17(2,3)16-14-10-6-4-8-12(14)13-9-5-7-11-15(13)16;2*1-5(2,3)4;/h4,6,8,10-11,16H,5,7,9H2,1-3H3;2*1H2,2-4H3;/q3*-1;+3. The van der Waals surface area contributed by atoms with E-state index in [-0.39, 0.29) is 25.8 Å². The van der Waals surface area contributed by atoms with Gasteiger partial charge in [0.2, 0.25) is 0 Å². The normalized spacial score (nSPS) is 18.3. The van der Waals surface area contributed by atoms with Crippen LogP contribution in [0.2, 0.25) is 58.9 Å². The minimum Gasteiger partial charge on any atom is -0.342 e. The molecule has 0 radical (unpaired) electrons. The second-order valence-corrected chi connectivity index (χ2v) is 27.1. The van der Waals surface area contributed by atoms with Crippen molar-refractivity contribution in [3.05, 3.63) is 60.5 Å². The van der Waals surface area contributed by atoms with Crippen molar-refractivity contribution in [2.75, 3.05) is 0 Å². The van der Waals surface area contributed by atoms with E-state index < -0.39 is 24.2 Å². The summed E-state index contributed by atoms with van der Waals surface area (Å²) in [6.45, 7) is 28.6. The van der Waals surface area contributed by atoms with E-state index in [0.717, 1.165) is 5.54 Å². The average molecular weight is 461 g/mol. The first kappa shape index (κ1) is 28.4. The molecule has 0 bridgehead atoms. The fraction of sp³-hybridized carbons (Fsp3) is 0.542. The molecular weight excluding hydrogens is 417 g/mol. The summed E-state index contributed by atoms with van der Waals surface area (Å²) in [7, 11) is -2.89. The molecule has 2 aliphatic rings. The summed E-state index contributed by atoms with van der Waals surface area (Å²) in [5.41, 5.74) is 7.28. The summed E-state index contributed by atoms with van der Waals surface area (Å²) in [5.74, 6) is 0. The van der Waals surface area contributed by atoms with Crippen LogP contribution in [-0.2, 0) is 25.8 Å². The molecule has 0 aromatic heterocycles. The number of fused-ring (bicyclic) bond motifs is 2. The van der Waals surface area contributed by atoms with Crippen LogP contribution in [0, 0.1) is 19.5 Å². The van der Waals surface area contributed by atoms with E-state index in [9.17, 15) is 0 Å². The molecule has 1 unspecified atom stereocenters. The molecule has 0 N–H and O–H groups in total. The van der Waals surface area contributed by atoms with Crippen molar-refractivity contribution >= 4 is 29.8 Å². The molecule has 1 atom stereocenters. The monoisotopic (exact) mass is 460 g/mol. The van der Waals surface area contributed by atoms with E-state index in [2.05, 4.69) is 103 Å². The van der Waals surface area contributed by atoms with Gasteiger partial charge < -0.3 is 13.1 Å². The minimum absolute atomic E-state index is 0. The number of hydrogen-bond donors (Lipinski definition) is 0. The van der Waals surface area contributed by atoms with Gasteiger partial charge in [-0.3, -0.25) is 0 Å². The van der Waals surface area contributed by atoms with Crippen molar-refractivity contribution in [3.8, 4) is 0 Å². The molecule has 0 nitrogen and oxygen atoms in total. The Hall–Kier alpha value is 0.351. The topological polar surface area (TPSA) is 0 Å². The third kappa shape index (κ3) is 10.4. The molecule has 1 aromatic rings. The number of allylic oxidation sites excluding steroid dienone is 2. The SMILES string of the molecule is C[Si](C)(C)C1C2=C(CCC[CH-]2)c2ccccc21.[CH2-][Si](C)(C)C.[CH2-][Si](C)(C)C.[Sc+3]. The van der Waals surface area contributed by atoms with Gasteiger partial charge in [0, 0.05) is 0 Å². The third-order valence-corrected chi connectivity index (χ3v) is 6.47. The van der Waals surface area contributed by atoms with Crippen LogP contribution >= 0.6 is 0 Å². The third-order valence-electron chi connectivity index (χ3n) is 4.12. The maximum Gasteiger partial charge on any atom is 3.00 e. The zero-order valence-corrected chi connectivity index (χ0v) is 24.9. The summed E-state index contributed by atoms with van der Waals surface area (Å²) in [6, 6.07) is 9.11. The molecule has 2 aliphatic carbocycles. The van der Waals surface area contributed by atoms with Crippen molar-refractivity contribution < 1.29 is 25.8 Å². The van der Waals surface area contributed by atoms with Crippen LogP contribution in [0.1, 0.15) is 35.9 Å². The molecule has 0 fully saturated rings. The fourth-order valence-corrected chi connectivity index (χ4v) is 5.92. The van der Waals surface area contributed by atoms with Gasteiger partial charge in [-0.15, -0.1) is 28.1 Å². The summed E-state index contributed by atoms with van der Waals surface area (Å²) >= 11 is 0. The number of rotatable bonds is 1. The van der Waals surface area contributed by atoms with Gasteiger partial charge in [0.15, 0.2) is 0 Å². The first-order valence-electron chi connectivity index (χ1n) is 10.5. The van der Waals surface area contributed by atoms with Crippen LogP contribution < -0.4 is 0 Å². The van der Waals surface area contributed by atoms with Gasteiger partial charge in [0.25, 0.3) is 0 Å². The van der Waals surface area contributed by atoms with E-state index in [1.807, 2.05) is 0 Å². The van der Waals surface area contributed by atoms with Crippen LogP contribution in [0.15, 0.2) is 29.8 Å². The number of hydrogen-bond acceptors (Lipinski definition) is 0. The van der Waals surface area contributed by atoms with E-state index in [4.69, 9.17) is 0 Å². The van der Waals surface area contributed by atoms with Gasteiger partial charge in [0.05, 0.1) is 8.07 Å². The Morgan fingerprint density at radius 3 is 1.79 bits per heavy atom. The van der Waals surface area contributed by atoms with Gasteiger partial charge in [-0.2, -0.15) is 5.57 Å². The fourth-order valence-electron chi connectivity index (χ4n) is 3.51. The van der Waals surface area contributed by atoms with Crippen LogP contribution in [0.25, 0.3) is 5.57 Å². The summed E-state index contributed by atoms with van der Waals surface area (Å²) in [5, 5.41) is 0.